The molecule has 0 radical (unpaired) electrons. The Bertz CT molecular complexity index is 421. The third kappa shape index (κ3) is 5.34. The molecule has 0 saturated carbocycles. The number of hydrogen-bond donors (Lipinski definition) is 0. The lowest BCUT2D eigenvalue weighted by Gasteiger charge is -2.33. The van der Waals surface area contributed by atoms with Crippen LogP contribution >= 0.6 is 11.8 Å². The van der Waals surface area contributed by atoms with Gasteiger partial charge in [0.05, 0.1) is 0 Å². The highest BCUT2D eigenvalue weighted by molar-refractivity contribution is 7.99. The van der Waals surface area contributed by atoms with Crippen molar-refractivity contribution in [1.29, 1.82) is 0 Å². The summed E-state index contributed by atoms with van der Waals surface area (Å²) in [5, 5.41) is 0. The third-order valence-electron chi connectivity index (χ3n) is 3.82. The van der Waals surface area contributed by atoms with Crippen molar-refractivity contribution >= 4 is 20.1 Å². The highest BCUT2D eigenvalue weighted by atomic mass is 32.2. The smallest absolute Gasteiger partial charge is 0.397 e. The summed E-state index contributed by atoms with van der Waals surface area (Å²) >= 11 is 0.765. The lowest BCUT2D eigenvalue weighted by Crippen LogP contribution is -2.44. The van der Waals surface area contributed by atoms with Crippen LogP contribution in [-0.2, 0) is 4.43 Å². The maximum atomic E-state index is 13.3. The standard InChI is InChI=1S/C15H23F3OSSi/c1-5-21(6-2,7-3)19-14(15(16,17)18)20-13-10-8-12(4)9-11-13/h8-11,14H,5-7H2,1-4H3. The van der Waals surface area contributed by atoms with Crippen LogP contribution in [0.2, 0.25) is 18.1 Å². The Morgan fingerprint density at radius 1 is 1.05 bits per heavy atom. The molecule has 0 aliphatic carbocycles. The van der Waals surface area contributed by atoms with Gasteiger partial charge in [0, 0.05) is 4.90 Å². The van der Waals surface area contributed by atoms with E-state index in [4.69, 9.17) is 4.43 Å². The van der Waals surface area contributed by atoms with E-state index in [9.17, 15) is 13.2 Å². The van der Waals surface area contributed by atoms with Gasteiger partial charge < -0.3 is 4.43 Å². The van der Waals surface area contributed by atoms with Gasteiger partial charge in [0.1, 0.15) is 0 Å². The zero-order valence-electron chi connectivity index (χ0n) is 13.0. The lowest BCUT2D eigenvalue weighted by atomic mass is 10.2. The summed E-state index contributed by atoms with van der Waals surface area (Å²) in [5.41, 5.74) is -0.741. The minimum atomic E-state index is -4.35. The van der Waals surface area contributed by atoms with Crippen molar-refractivity contribution in [3.05, 3.63) is 29.8 Å². The van der Waals surface area contributed by atoms with Gasteiger partial charge >= 0.3 is 6.18 Å². The van der Waals surface area contributed by atoms with E-state index in [-0.39, 0.29) is 0 Å². The summed E-state index contributed by atoms with van der Waals surface area (Å²) in [6.45, 7) is 7.71. The first kappa shape index (κ1) is 18.6. The van der Waals surface area contributed by atoms with E-state index in [2.05, 4.69) is 0 Å². The van der Waals surface area contributed by atoms with E-state index in [1.807, 2.05) is 39.8 Å². The molecule has 0 aromatic heterocycles. The molecule has 1 aromatic rings. The normalized spacial score (nSPS) is 14.2. The van der Waals surface area contributed by atoms with Crippen LogP contribution in [0.25, 0.3) is 0 Å². The fraction of sp³-hybridized carbons (Fsp3) is 0.600. The van der Waals surface area contributed by atoms with E-state index < -0.39 is 19.9 Å². The van der Waals surface area contributed by atoms with Gasteiger partial charge in [-0.25, -0.2) is 0 Å². The maximum Gasteiger partial charge on any atom is 0.423 e. The molecule has 1 rings (SSSR count). The average molecular weight is 336 g/mol. The average Bonchev–Trinajstić information content (AvgIpc) is 2.45. The summed E-state index contributed by atoms with van der Waals surface area (Å²) in [6, 6.07) is 9.20. The Kier molecular flexibility index (Phi) is 6.81. The first-order valence-corrected chi connectivity index (χ1v) is 10.6. The molecule has 0 N–H and O–H groups in total. The Hall–Kier alpha value is -0.463. The number of halogens is 3. The molecule has 1 nitrogen and oxygen atoms in total. The molecule has 0 amide bonds. The molecule has 0 aliphatic heterocycles. The van der Waals surface area contributed by atoms with Crippen LogP contribution in [0.15, 0.2) is 29.2 Å². The molecule has 1 aromatic carbocycles. The van der Waals surface area contributed by atoms with Crippen LogP contribution in [-0.4, -0.2) is 19.9 Å². The third-order valence-corrected chi connectivity index (χ3v) is 9.72. The first-order chi connectivity index (χ1) is 9.76. The molecule has 0 spiro atoms. The van der Waals surface area contributed by atoms with Gasteiger partial charge in [-0.15, -0.1) is 0 Å². The topological polar surface area (TPSA) is 9.23 Å². The second-order valence-electron chi connectivity index (χ2n) is 5.17. The summed E-state index contributed by atoms with van der Waals surface area (Å²) in [6.07, 6.45) is -4.35. The van der Waals surface area contributed by atoms with Crippen molar-refractivity contribution in [3.8, 4) is 0 Å². The molecular weight excluding hydrogens is 313 g/mol. The summed E-state index contributed by atoms with van der Waals surface area (Å²) in [7, 11) is -2.30. The maximum absolute atomic E-state index is 13.3. The van der Waals surface area contributed by atoms with Crippen LogP contribution in [0.1, 0.15) is 26.3 Å². The van der Waals surface area contributed by atoms with Gasteiger partial charge in [-0.3, -0.25) is 0 Å². The number of aryl methyl sites for hydroxylation is 1. The summed E-state index contributed by atoms with van der Waals surface area (Å²) in [4.78, 5) is 0.592. The molecule has 120 valence electrons. The predicted molar refractivity (Wildman–Crippen MR) is 85.2 cm³/mol. The van der Waals surface area contributed by atoms with Gasteiger partial charge in [-0.1, -0.05) is 50.2 Å². The van der Waals surface area contributed by atoms with Crippen molar-refractivity contribution in [1.82, 2.24) is 0 Å². The van der Waals surface area contributed by atoms with Gasteiger partial charge in [-0.2, -0.15) is 13.2 Å². The minimum absolute atomic E-state index is 0.592. The zero-order chi connectivity index (χ0) is 16.1. The number of rotatable bonds is 7. The Labute approximate surface area is 130 Å². The second kappa shape index (κ2) is 7.69. The fourth-order valence-corrected chi connectivity index (χ4v) is 6.19. The van der Waals surface area contributed by atoms with Crippen LogP contribution in [0.3, 0.4) is 0 Å². The van der Waals surface area contributed by atoms with Crippen molar-refractivity contribution in [2.75, 3.05) is 0 Å². The molecule has 0 bridgehead atoms. The van der Waals surface area contributed by atoms with Crippen LogP contribution in [0, 0.1) is 6.92 Å². The molecule has 0 heterocycles. The summed E-state index contributed by atoms with van der Waals surface area (Å²) < 4.78 is 45.6. The van der Waals surface area contributed by atoms with E-state index in [1.165, 1.54) is 0 Å². The van der Waals surface area contributed by atoms with Crippen molar-refractivity contribution in [2.24, 2.45) is 0 Å². The number of hydrogen-bond acceptors (Lipinski definition) is 2. The number of thioether (sulfide) groups is 1. The van der Waals surface area contributed by atoms with Gasteiger partial charge in [0.15, 0.2) is 13.8 Å². The first-order valence-electron chi connectivity index (χ1n) is 7.24. The minimum Gasteiger partial charge on any atom is -0.397 e. The largest absolute Gasteiger partial charge is 0.423 e. The van der Waals surface area contributed by atoms with Crippen molar-refractivity contribution in [2.45, 2.75) is 62.3 Å². The number of alkyl halides is 3. The molecule has 0 saturated heterocycles. The molecule has 0 aliphatic rings. The van der Waals surface area contributed by atoms with Crippen LogP contribution < -0.4 is 0 Å². The zero-order valence-corrected chi connectivity index (χ0v) is 14.8. The molecule has 1 atom stereocenters. The lowest BCUT2D eigenvalue weighted by molar-refractivity contribution is -0.169. The van der Waals surface area contributed by atoms with Gasteiger partial charge in [-0.05, 0) is 37.2 Å². The Morgan fingerprint density at radius 2 is 1.52 bits per heavy atom. The monoisotopic (exact) mass is 336 g/mol. The molecular formula is C15H23F3OSSi. The summed E-state index contributed by atoms with van der Waals surface area (Å²) in [5.74, 6) is 0. The van der Waals surface area contributed by atoms with E-state index in [0.29, 0.717) is 23.0 Å². The van der Waals surface area contributed by atoms with E-state index in [0.717, 1.165) is 17.3 Å². The Morgan fingerprint density at radius 3 is 1.90 bits per heavy atom. The molecule has 0 fully saturated rings. The van der Waals surface area contributed by atoms with Crippen molar-refractivity contribution < 1.29 is 17.6 Å². The van der Waals surface area contributed by atoms with E-state index >= 15 is 0 Å². The fourth-order valence-electron chi connectivity index (χ4n) is 2.13. The molecule has 1 unspecified atom stereocenters. The molecule has 21 heavy (non-hydrogen) atoms. The quantitative estimate of drug-likeness (QED) is 0.343. The Balaban J connectivity index is 2.93. The molecule has 6 heteroatoms. The highest BCUT2D eigenvalue weighted by Gasteiger charge is 2.46. The van der Waals surface area contributed by atoms with Crippen molar-refractivity contribution in [3.63, 3.8) is 0 Å². The highest BCUT2D eigenvalue weighted by Crippen LogP contribution is 2.39. The van der Waals surface area contributed by atoms with Crippen LogP contribution in [0.5, 0.6) is 0 Å². The predicted octanol–water partition coefficient (Wildman–Crippen LogP) is 6.00. The van der Waals surface area contributed by atoms with Gasteiger partial charge in [0.2, 0.25) is 0 Å². The number of benzene rings is 1. The SMILES string of the molecule is CC[Si](CC)(CC)OC(Sc1ccc(C)cc1)C(F)(F)F. The van der Waals surface area contributed by atoms with Crippen LogP contribution in [0.4, 0.5) is 13.2 Å². The second-order valence-corrected chi connectivity index (χ2v) is 11.0. The van der Waals surface area contributed by atoms with E-state index in [1.54, 1.807) is 12.1 Å². The van der Waals surface area contributed by atoms with Gasteiger partial charge in [0.25, 0.3) is 0 Å².